The average Bonchev–Trinajstić information content (AvgIpc) is 3.09. The predicted octanol–water partition coefficient (Wildman–Crippen LogP) is 2.70. The van der Waals surface area contributed by atoms with E-state index in [1.165, 1.54) is 6.33 Å². The Morgan fingerprint density at radius 3 is 2.88 bits per heavy atom. The van der Waals surface area contributed by atoms with Crippen molar-refractivity contribution in [2.75, 3.05) is 19.0 Å². The lowest BCUT2D eigenvalue weighted by Crippen LogP contribution is -2.24. The predicted molar refractivity (Wildman–Crippen MR) is 95.4 cm³/mol. The van der Waals surface area contributed by atoms with Crippen LogP contribution in [0.3, 0.4) is 0 Å². The molecule has 1 aliphatic rings. The number of anilines is 1. The van der Waals surface area contributed by atoms with Crippen LogP contribution in [-0.2, 0) is 4.79 Å². The van der Waals surface area contributed by atoms with E-state index in [0.29, 0.717) is 30.0 Å². The quantitative estimate of drug-likeness (QED) is 0.785. The highest BCUT2D eigenvalue weighted by Gasteiger charge is 2.26. The molecule has 2 aromatic rings. The number of aliphatic carboxylic acids is 1. The van der Waals surface area contributed by atoms with Gasteiger partial charge in [-0.25, -0.2) is 9.48 Å². The summed E-state index contributed by atoms with van der Waals surface area (Å²) in [6.45, 7) is 4.89. The number of hydrogen-bond acceptors (Lipinski definition) is 6. The topological polar surface area (TPSA) is 98.5 Å². The second kappa shape index (κ2) is 7.47. The first-order valence-corrected chi connectivity index (χ1v) is 8.42. The maximum atomic E-state index is 11.4. The Morgan fingerprint density at radius 2 is 2.19 bits per heavy atom. The summed E-state index contributed by atoms with van der Waals surface area (Å²) in [7, 11) is 1.58. The molecule has 0 saturated heterocycles. The average molecular weight is 358 g/mol. The summed E-state index contributed by atoms with van der Waals surface area (Å²) in [5, 5.41) is 16.3. The number of fused-ring (bicyclic) bond motifs is 1. The van der Waals surface area contributed by atoms with Crippen LogP contribution in [0.25, 0.3) is 0 Å². The van der Waals surface area contributed by atoms with Crippen molar-refractivity contribution in [2.24, 2.45) is 5.92 Å². The lowest BCUT2D eigenvalue weighted by molar-refractivity contribution is -0.132. The number of ether oxygens (including phenoxy) is 2. The first-order chi connectivity index (χ1) is 12.5. The van der Waals surface area contributed by atoms with E-state index < -0.39 is 12.0 Å². The number of allylic oxidation sites excluding steroid dienone is 1. The van der Waals surface area contributed by atoms with E-state index in [0.717, 1.165) is 12.0 Å². The number of carbonyl (C=O) groups is 1. The minimum atomic E-state index is -1.05. The molecule has 8 heteroatoms. The van der Waals surface area contributed by atoms with Crippen LogP contribution in [0.15, 0.2) is 36.3 Å². The van der Waals surface area contributed by atoms with Crippen molar-refractivity contribution in [3.8, 4) is 11.5 Å². The molecule has 2 N–H and O–H groups in total. The summed E-state index contributed by atoms with van der Waals surface area (Å²) in [6.07, 6.45) is 3.93. The van der Waals surface area contributed by atoms with Crippen molar-refractivity contribution in [1.82, 2.24) is 14.8 Å². The third kappa shape index (κ3) is 3.63. The van der Waals surface area contributed by atoms with Crippen molar-refractivity contribution in [2.45, 2.75) is 26.3 Å². The first-order valence-electron chi connectivity index (χ1n) is 8.42. The van der Waals surface area contributed by atoms with Crippen LogP contribution in [0.1, 0.15) is 31.9 Å². The van der Waals surface area contributed by atoms with Crippen LogP contribution in [0.5, 0.6) is 11.5 Å². The fourth-order valence-electron chi connectivity index (χ4n) is 2.69. The number of rotatable bonds is 7. The van der Waals surface area contributed by atoms with E-state index in [4.69, 9.17) is 9.47 Å². The van der Waals surface area contributed by atoms with Gasteiger partial charge in [-0.3, -0.25) is 0 Å². The van der Waals surface area contributed by atoms with E-state index in [1.54, 1.807) is 17.9 Å². The number of nitrogens with zero attached hydrogens (tertiary/aromatic N) is 3. The van der Waals surface area contributed by atoms with Crippen molar-refractivity contribution in [3.05, 3.63) is 41.9 Å². The van der Waals surface area contributed by atoms with E-state index in [2.05, 4.69) is 29.2 Å². The van der Waals surface area contributed by atoms with Crippen LogP contribution in [0.2, 0.25) is 0 Å². The van der Waals surface area contributed by atoms with Gasteiger partial charge in [-0.05, 0) is 36.1 Å². The number of carboxylic acid groups (broad SMARTS) is 1. The highest BCUT2D eigenvalue weighted by atomic mass is 16.5. The van der Waals surface area contributed by atoms with Crippen LogP contribution in [0, 0.1) is 5.92 Å². The smallest absolute Gasteiger partial charge is 0.352 e. The molecule has 1 aliphatic heterocycles. The monoisotopic (exact) mass is 358 g/mol. The molecule has 0 radical (unpaired) electrons. The van der Waals surface area contributed by atoms with Crippen molar-refractivity contribution in [1.29, 1.82) is 0 Å². The zero-order chi connectivity index (χ0) is 18.7. The molecule has 138 valence electrons. The van der Waals surface area contributed by atoms with Gasteiger partial charge in [0.05, 0.1) is 13.7 Å². The van der Waals surface area contributed by atoms with Gasteiger partial charge >= 0.3 is 5.97 Å². The molecule has 2 heterocycles. The molecule has 26 heavy (non-hydrogen) atoms. The van der Waals surface area contributed by atoms with E-state index in [-0.39, 0.29) is 5.70 Å². The zero-order valence-electron chi connectivity index (χ0n) is 15.0. The molecule has 1 atom stereocenters. The normalized spacial score (nSPS) is 15.8. The standard InChI is InChI=1S/C18H22N4O4/c1-11(2)6-7-26-15-5-4-12(8-16(15)25-3)14-9-13(17(23)24)21-18-19-10-20-22(14)18/h4-5,8-11,14H,6-7H2,1-3H3,(H,23,24)(H,19,20,21)/t14-/m0/s1. The Hall–Kier alpha value is -3.03. The fraction of sp³-hybridized carbons (Fsp3) is 0.389. The highest BCUT2D eigenvalue weighted by Crippen LogP contribution is 2.34. The third-order valence-corrected chi connectivity index (χ3v) is 4.12. The molecule has 0 spiro atoms. The zero-order valence-corrected chi connectivity index (χ0v) is 15.0. The summed E-state index contributed by atoms with van der Waals surface area (Å²) < 4.78 is 12.9. The van der Waals surface area contributed by atoms with Gasteiger partial charge in [0.25, 0.3) is 0 Å². The van der Waals surface area contributed by atoms with Gasteiger partial charge in [0, 0.05) is 0 Å². The molecule has 0 bridgehead atoms. The summed E-state index contributed by atoms with van der Waals surface area (Å²) in [6, 6.07) is 5.15. The Kier molecular flexibility index (Phi) is 5.11. The van der Waals surface area contributed by atoms with Gasteiger partial charge in [-0.15, -0.1) is 0 Å². The number of methoxy groups -OCH3 is 1. The fourth-order valence-corrected chi connectivity index (χ4v) is 2.69. The second-order valence-corrected chi connectivity index (χ2v) is 6.42. The Labute approximate surface area is 151 Å². The molecule has 3 rings (SSSR count). The minimum Gasteiger partial charge on any atom is -0.493 e. The maximum absolute atomic E-state index is 11.4. The van der Waals surface area contributed by atoms with Gasteiger partial charge in [-0.2, -0.15) is 10.1 Å². The Bertz CT molecular complexity index is 828. The van der Waals surface area contributed by atoms with Gasteiger partial charge in [-0.1, -0.05) is 19.9 Å². The number of benzene rings is 1. The molecule has 0 unspecified atom stereocenters. The lowest BCUT2D eigenvalue weighted by Gasteiger charge is -2.23. The van der Waals surface area contributed by atoms with Gasteiger partial charge in [0.1, 0.15) is 18.1 Å². The first kappa shape index (κ1) is 17.8. The Morgan fingerprint density at radius 1 is 1.38 bits per heavy atom. The van der Waals surface area contributed by atoms with E-state index in [1.807, 2.05) is 18.2 Å². The summed E-state index contributed by atoms with van der Waals surface area (Å²) >= 11 is 0. The van der Waals surface area contributed by atoms with Crippen molar-refractivity contribution < 1.29 is 19.4 Å². The molecule has 0 aliphatic carbocycles. The highest BCUT2D eigenvalue weighted by molar-refractivity contribution is 5.90. The number of hydrogen-bond donors (Lipinski definition) is 2. The van der Waals surface area contributed by atoms with Crippen LogP contribution in [0.4, 0.5) is 5.95 Å². The minimum absolute atomic E-state index is 0.0618. The summed E-state index contributed by atoms with van der Waals surface area (Å²) in [5.41, 5.74) is 0.886. The molecule has 0 amide bonds. The molecule has 1 aromatic carbocycles. The van der Waals surface area contributed by atoms with Gasteiger partial charge < -0.3 is 19.9 Å². The van der Waals surface area contributed by atoms with Crippen molar-refractivity contribution >= 4 is 11.9 Å². The van der Waals surface area contributed by atoms with Crippen molar-refractivity contribution in [3.63, 3.8) is 0 Å². The molecular formula is C18H22N4O4. The number of carboxylic acids is 1. The van der Waals surface area contributed by atoms with E-state index >= 15 is 0 Å². The molecule has 8 nitrogen and oxygen atoms in total. The number of aromatic nitrogens is 3. The molecular weight excluding hydrogens is 336 g/mol. The SMILES string of the molecule is COc1cc([C@@H]2C=C(C(=O)O)Nc3ncnn32)ccc1OCCC(C)C. The molecule has 1 aromatic heterocycles. The lowest BCUT2D eigenvalue weighted by atomic mass is 10.0. The third-order valence-electron chi connectivity index (χ3n) is 4.12. The number of nitrogens with one attached hydrogen (secondary N) is 1. The largest absolute Gasteiger partial charge is 0.493 e. The second-order valence-electron chi connectivity index (χ2n) is 6.42. The summed E-state index contributed by atoms with van der Waals surface area (Å²) in [5.74, 6) is 1.14. The van der Waals surface area contributed by atoms with E-state index in [9.17, 15) is 9.90 Å². The van der Waals surface area contributed by atoms with Crippen LogP contribution >= 0.6 is 0 Å². The van der Waals surface area contributed by atoms with Crippen LogP contribution < -0.4 is 14.8 Å². The molecule has 0 fully saturated rings. The van der Waals surface area contributed by atoms with Gasteiger partial charge in [0.2, 0.25) is 5.95 Å². The molecule has 0 saturated carbocycles. The van der Waals surface area contributed by atoms with Gasteiger partial charge in [0.15, 0.2) is 11.5 Å². The summed E-state index contributed by atoms with van der Waals surface area (Å²) in [4.78, 5) is 15.4. The maximum Gasteiger partial charge on any atom is 0.352 e. The Balaban J connectivity index is 1.90. The van der Waals surface area contributed by atoms with Crippen LogP contribution in [-0.4, -0.2) is 39.6 Å².